The van der Waals surface area contributed by atoms with E-state index in [4.69, 9.17) is 0 Å². The number of hydrogen-bond donors (Lipinski definition) is 2. The normalized spacial score (nSPS) is 24.9. The van der Waals surface area contributed by atoms with Gasteiger partial charge in [0.05, 0.1) is 11.5 Å². The largest absolute Gasteiger partial charge is 0.388 e. The Morgan fingerprint density at radius 1 is 1.35 bits per heavy atom. The maximum Gasteiger partial charge on any atom is 0.227 e. The van der Waals surface area contributed by atoms with Gasteiger partial charge in [-0.15, -0.1) is 11.3 Å². The van der Waals surface area contributed by atoms with E-state index in [9.17, 15) is 9.90 Å². The molecule has 110 valence electrons. The Hall–Kier alpha value is -0.870. The second kappa shape index (κ2) is 5.86. The molecule has 0 aliphatic heterocycles. The highest BCUT2D eigenvalue weighted by Crippen LogP contribution is 2.35. The van der Waals surface area contributed by atoms with Gasteiger partial charge in [0.1, 0.15) is 0 Å². The molecule has 20 heavy (non-hydrogen) atoms. The molecule has 1 amide bonds. The van der Waals surface area contributed by atoms with Crippen LogP contribution in [0.25, 0.3) is 0 Å². The summed E-state index contributed by atoms with van der Waals surface area (Å²) in [6.07, 6.45) is 8.14. The number of fused-ring (bicyclic) bond motifs is 1. The Morgan fingerprint density at radius 2 is 2.15 bits per heavy atom. The lowest BCUT2D eigenvalue weighted by molar-refractivity contribution is -0.124. The molecule has 1 aromatic heterocycles. The van der Waals surface area contributed by atoms with E-state index in [1.165, 1.54) is 16.9 Å². The molecule has 1 saturated carbocycles. The van der Waals surface area contributed by atoms with Crippen LogP contribution >= 0.6 is 11.3 Å². The molecule has 0 saturated heterocycles. The maximum absolute atomic E-state index is 12.4. The van der Waals surface area contributed by atoms with E-state index >= 15 is 0 Å². The molecule has 0 bridgehead atoms. The van der Waals surface area contributed by atoms with E-state index in [0.717, 1.165) is 44.9 Å². The van der Waals surface area contributed by atoms with Crippen LogP contribution < -0.4 is 5.32 Å². The van der Waals surface area contributed by atoms with Crippen LogP contribution in [-0.4, -0.2) is 23.2 Å². The number of carbonyl (C=O) groups excluding carboxylic acids is 1. The monoisotopic (exact) mass is 293 g/mol. The van der Waals surface area contributed by atoms with Gasteiger partial charge in [0.25, 0.3) is 0 Å². The Morgan fingerprint density at radius 3 is 2.95 bits per heavy atom. The lowest BCUT2D eigenvalue weighted by Gasteiger charge is -2.33. The number of amides is 1. The number of rotatable bonds is 3. The summed E-state index contributed by atoms with van der Waals surface area (Å²) in [7, 11) is 0. The zero-order chi connectivity index (χ0) is 14.0. The number of hydrogen-bond acceptors (Lipinski definition) is 3. The van der Waals surface area contributed by atoms with Crippen molar-refractivity contribution < 1.29 is 9.90 Å². The van der Waals surface area contributed by atoms with Crippen molar-refractivity contribution in [3.05, 3.63) is 21.9 Å². The molecule has 1 atom stereocenters. The zero-order valence-corrected chi connectivity index (χ0v) is 12.7. The molecule has 0 radical (unpaired) electrons. The van der Waals surface area contributed by atoms with E-state index < -0.39 is 5.60 Å². The molecule has 1 heterocycles. The third-order valence-corrected chi connectivity index (χ3v) is 5.74. The summed E-state index contributed by atoms with van der Waals surface area (Å²) in [4.78, 5) is 13.8. The van der Waals surface area contributed by atoms with Crippen LogP contribution in [0, 0.1) is 0 Å². The molecule has 1 fully saturated rings. The van der Waals surface area contributed by atoms with Crippen molar-refractivity contribution in [2.45, 2.75) is 62.9 Å². The van der Waals surface area contributed by atoms with Crippen LogP contribution in [0.2, 0.25) is 0 Å². The number of thiophene rings is 1. The number of aryl methyl sites for hydroxylation is 1. The van der Waals surface area contributed by atoms with Gasteiger partial charge in [-0.3, -0.25) is 4.79 Å². The number of aliphatic hydroxyl groups is 1. The summed E-state index contributed by atoms with van der Waals surface area (Å²) in [5.74, 6) is 0.0977. The molecule has 4 heteroatoms. The Labute approximate surface area is 124 Å². The van der Waals surface area contributed by atoms with Crippen molar-refractivity contribution in [2.75, 3.05) is 6.54 Å². The second-order valence-electron chi connectivity index (χ2n) is 6.25. The Kier molecular flexibility index (Phi) is 4.13. The molecule has 2 N–H and O–H groups in total. The fourth-order valence-corrected chi connectivity index (χ4v) is 4.51. The van der Waals surface area contributed by atoms with Gasteiger partial charge in [-0.25, -0.2) is 0 Å². The standard InChI is InChI=1S/C16H23NO2S/c18-15(17-11-16(19)8-2-1-3-9-16)13-5-4-6-14-12(13)7-10-20-14/h7,10,13,19H,1-6,8-9,11H2,(H,17,18). The molecule has 1 aromatic rings. The number of carbonyl (C=O) groups is 1. The molecule has 0 spiro atoms. The van der Waals surface area contributed by atoms with Gasteiger partial charge in [-0.1, -0.05) is 19.3 Å². The van der Waals surface area contributed by atoms with Crippen molar-refractivity contribution in [1.82, 2.24) is 5.32 Å². The van der Waals surface area contributed by atoms with E-state index in [2.05, 4.69) is 16.8 Å². The first-order chi connectivity index (χ1) is 9.68. The third-order valence-electron chi connectivity index (χ3n) is 4.74. The fraction of sp³-hybridized carbons (Fsp3) is 0.688. The summed E-state index contributed by atoms with van der Waals surface area (Å²) in [6.45, 7) is 0.418. The van der Waals surface area contributed by atoms with Gasteiger partial charge in [-0.2, -0.15) is 0 Å². The van der Waals surface area contributed by atoms with Crippen LogP contribution in [0.4, 0.5) is 0 Å². The van der Waals surface area contributed by atoms with E-state index in [-0.39, 0.29) is 11.8 Å². The Bertz CT molecular complexity index is 477. The highest BCUT2D eigenvalue weighted by molar-refractivity contribution is 7.10. The first-order valence-electron chi connectivity index (χ1n) is 7.74. The van der Waals surface area contributed by atoms with Gasteiger partial charge in [0.15, 0.2) is 0 Å². The van der Waals surface area contributed by atoms with Crippen LogP contribution in [-0.2, 0) is 11.2 Å². The van der Waals surface area contributed by atoms with Crippen molar-refractivity contribution >= 4 is 17.2 Å². The molecule has 3 nitrogen and oxygen atoms in total. The fourth-order valence-electron chi connectivity index (χ4n) is 3.52. The van der Waals surface area contributed by atoms with Crippen molar-refractivity contribution in [1.29, 1.82) is 0 Å². The smallest absolute Gasteiger partial charge is 0.227 e. The van der Waals surface area contributed by atoms with Crippen molar-refractivity contribution in [3.63, 3.8) is 0 Å². The maximum atomic E-state index is 12.4. The van der Waals surface area contributed by atoms with Gasteiger partial charge in [-0.05, 0) is 49.1 Å². The quantitative estimate of drug-likeness (QED) is 0.900. The minimum atomic E-state index is -0.667. The van der Waals surface area contributed by atoms with Crippen molar-refractivity contribution in [2.24, 2.45) is 0 Å². The molecule has 2 aliphatic rings. The first-order valence-corrected chi connectivity index (χ1v) is 8.62. The predicted molar refractivity (Wildman–Crippen MR) is 81.0 cm³/mol. The van der Waals surface area contributed by atoms with E-state index in [0.29, 0.717) is 6.54 Å². The Balaban J connectivity index is 1.60. The average Bonchev–Trinajstić information content (AvgIpc) is 2.94. The van der Waals surface area contributed by atoms with Crippen LogP contribution in [0.15, 0.2) is 11.4 Å². The summed E-state index contributed by atoms with van der Waals surface area (Å²) in [6, 6.07) is 2.10. The van der Waals surface area contributed by atoms with Gasteiger partial charge in [0.2, 0.25) is 5.91 Å². The highest BCUT2D eigenvalue weighted by atomic mass is 32.1. The topological polar surface area (TPSA) is 49.3 Å². The van der Waals surface area contributed by atoms with E-state index in [1.807, 2.05) is 0 Å². The highest BCUT2D eigenvalue weighted by Gasteiger charge is 2.32. The summed E-state index contributed by atoms with van der Waals surface area (Å²) >= 11 is 1.76. The molecular formula is C16H23NO2S. The third kappa shape index (κ3) is 2.91. The minimum absolute atomic E-state index is 0.00260. The molecule has 3 rings (SSSR count). The molecule has 2 aliphatic carbocycles. The molecule has 0 aromatic carbocycles. The average molecular weight is 293 g/mol. The van der Waals surface area contributed by atoms with Crippen molar-refractivity contribution in [3.8, 4) is 0 Å². The second-order valence-corrected chi connectivity index (χ2v) is 7.25. The van der Waals surface area contributed by atoms with Gasteiger partial charge >= 0.3 is 0 Å². The zero-order valence-electron chi connectivity index (χ0n) is 11.9. The number of nitrogens with one attached hydrogen (secondary N) is 1. The summed E-state index contributed by atoms with van der Waals surface area (Å²) in [5, 5.41) is 15.6. The van der Waals surface area contributed by atoms with Crippen LogP contribution in [0.1, 0.15) is 61.3 Å². The SMILES string of the molecule is O=C(NCC1(O)CCCCC1)C1CCCc2sccc21. The first kappa shape index (κ1) is 14.1. The predicted octanol–water partition coefficient (Wildman–Crippen LogP) is 2.98. The van der Waals surface area contributed by atoms with Crippen LogP contribution in [0.3, 0.4) is 0 Å². The van der Waals surface area contributed by atoms with Gasteiger partial charge < -0.3 is 10.4 Å². The van der Waals surface area contributed by atoms with E-state index in [1.54, 1.807) is 11.3 Å². The lowest BCUT2D eigenvalue weighted by atomic mass is 9.84. The minimum Gasteiger partial charge on any atom is -0.388 e. The summed E-state index contributed by atoms with van der Waals surface area (Å²) in [5.41, 5.74) is 0.550. The summed E-state index contributed by atoms with van der Waals surface area (Å²) < 4.78 is 0. The van der Waals surface area contributed by atoms with Gasteiger partial charge in [0, 0.05) is 11.4 Å². The molecule has 1 unspecified atom stereocenters. The van der Waals surface area contributed by atoms with Crippen LogP contribution in [0.5, 0.6) is 0 Å². The molecular weight excluding hydrogens is 270 g/mol. The lowest BCUT2D eigenvalue weighted by Crippen LogP contribution is -2.45.